The molecule has 22 nitrogen and oxygen atoms in total. The van der Waals surface area contributed by atoms with Crippen molar-refractivity contribution in [3.8, 4) is 0 Å². The third kappa shape index (κ3) is 13.7. The molecule has 0 spiro atoms. The highest BCUT2D eigenvalue weighted by Gasteiger charge is 2.44. The number of fused-ring (bicyclic) bond motifs is 2. The van der Waals surface area contributed by atoms with E-state index in [0.717, 1.165) is 0 Å². The highest BCUT2D eigenvalue weighted by molar-refractivity contribution is 6.00. The van der Waals surface area contributed by atoms with Crippen LogP contribution < -0.4 is 49.1 Å². The summed E-state index contributed by atoms with van der Waals surface area (Å²) in [6, 6.07) is 6.56. The molecule has 5 rings (SSSR count). The Labute approximate surface area is 381 Å². The molecule has 66 heavy (non-hydrogen) atoms. The normalized spacial score (nSPS) is 26.3. The van der Waals surface area contributed by atoms with Gasteiger partial charge < -0.3 is 64.0 Å². The van der Waals surface area contributed by atoms with E-state index in [1.54, 1.807) is 60.7 Å². The molecule has 0 radical (unpaired) electrons. The molecule has 2 aromatic rings. The summed E-state index contributed by atoms with van der Waals surface area (Å²) in [4.78, 5) is 131. The molecule has 3 heterocycles. The van der Waals surface area contributed by atoms with Gasteiger partial charge in [0.1, 0.15) is 48.3 Å². The average Bonchev–Trinajstić information content (AvgIpc) is 3.99. The van der Waals surface area contributed by atoms with E-state index >= 15 is 0 Å². The van der Waals surface area contributed by atoms with Crippen molar-refractivity contribution < 1.29 is 48.3 Å². The summed E-state index contributed by atoms with van der Waals surface area (Å²) >= 11 is 0. The molecule has 3 fully saturated rings. The van der Waals surface area contributed by atoms with Gasteiger partial charge in [-0.05, 0) is 56.6 Å². The van der Waals surface area contributed by atoms with E-state index in [1.165, 1.54) is 16.7 Å². The van der Waals surface area contributed by atoms with Crippen LogP contribution in [-0.2, 0) is 56.0 Å². The van der Waals surface area contributed by atoms with Gasteiger partial charge in [-0.1, -0.05) is 60.7 Å². The number of aliphatic hydroxyl groups excluding tert-OH is 1. The van der Waals surface area contributed by atoms with E-state index in [9.17, 15) is 48.3 Å². The van der Waals surface area contributed by atoms with Crippen LogP contribution in [0, 0.1) is 0 Å². The number of nitrogens with zero attached hydrogens (tertiary/aromatic N) is 3. The Bertz CT molecular complexity index is 2120. The summed E-state index contributed by atoms with van der Waals surface area (Å²) in [5, 5.41) is 25.8. The number of hydrogen-bond acceptors (Lipinski definition) is 11. The minimum atomic E-state index is -1.66. The quantitative estimate of drug-likeness (QED) is 0.0592. The van der Waals surface area contributed by atoms with Gasteiger partial charge in [-0.25, -0.2) is 0 Å². The first-order chi connectivity index (χ1) is 31.6. The van der Waals surface area contributed by atoms with Gasteiger partial charge >= 0.3 is 0 Å². The molecule has 356 valence electrons. The lowest BCUT2D eigenvalue weighted by atomic mass is 10.0. The second kappa shape index (κ2) is 23.7. The SMILES string of the molecule is C[C@@H]1NC(=O)[C@H](CC(N)=O)NC(=O)[C@H](Cc2ccccc2)NC(=O)[C@H](Cc2ccccc2)NC(=O)[C@H](CCCN=C(N)N)NC(=O)[C@@H]2CCCN2C(=O)[C@H]2CCCN2C(=O)[C@H](CO)NC1=O. The van der Waals surface area contributed by atoms with Crippen molar-refractivity contribution in [2.45, 2.75) is 113 Å². The summed E-state index contributed by atoms with van der Waals surface area (Å²) in [7, 11) is 0. The zero-order chi connectivity index (χ0) is 47.9. The Morgan fingerprint density at radius 2 is 1.08 bits per heavy atom. The lowest BCUT2D eigenvalue weighted by molar-refractivity contribution is -0.148. The fraction of sp³-hybridized carbons (Fsp3) is 0.500. The molecule has 3 aliphatic rings. The van der Waals surface area contributed by atoms with Crippen LogP contribution in [0.4, 0.5) is 0 Å². The summed E-state index contributed by atoms with van der Waals surface area (Å²) in [5.41, 5.74) is 17.8. The van der Waals surface area contributed by atoms with Crippen LogP contribution >= 0.6 is 0 Å². The Balaban J connectivity index is 1.55. The fourth-order valence-electron chi connectivity index (χ4n) is 8.23. The summed E-state index contributed by atoms with van der Waals surface area (Å²) in [5.74, 6) is -7.56. The molecule has 2 aromatic carbocycles. The van der Waals surface area contributed by atoms with E-state index < -0.39 is 115 Å². The minimum Gasteiger partial charge on any atom is -0.394 e. The lowest BCUT2D eigenvalue weighted by Gasteiger charge is -2.33. The predicted octanol–water partition coefficient (Wildman–Crippen LogP) is -3.68. The number of amides is 9. The maximum Gasteiger partial charge on any atom is 0.248 e. The standard InChI is InChI=1S/C44H60N12O10/c1-25-36(59)54-32(24-57)42(65)56-20-10-17-34(56)43(66)55-19-9-16-33(55)41(64)50-28(15-8-18-48-44(46)47)37(60)51-29(21-26-11-4-2-5-12-26)39(62)52-30(22-27-13-6-3-7-14-27)40(63)53-31(23-35(45)58)38(61)49-25/h2-7,11-14,25,28-34,57H,8-10,15-24H2,1H3,(H2,45,58)(H,49,61)(H,50,64)(H,51,60)(H,52,62)(H,53,63)(H,54,59)(H4,46,47,48)/t25-,28-,29-,30-,31-,32-,33-,34+/m0/s1. The zero-order valence-electron chi connectivity index (χ0n) is 36.8. The molecule has 3 aliphatic heterocycles. The number of nitrogens with two attached hydrogens (primary N) is 3. The number of aliphatic imine (C=N–C) groups is 1. The van der Waals surface area contributed by atoms with Crippen LogP contribution in [0.2, 0.25) is 0 Å². The van der Waals surface area contributed by atoms with E-state index in [0.29, 0.717) is 24.0 Å². The summed E-state index contributed by atoms with van der Waals surface area (Å²) in [6.07, 6.45) is 0.593. The first-order valence-electron chi connectivity index (χ1n) is 22.0. The molecule has 3 saturated heterocycles. The van der Waals surface area contributed by atoms with Gasteiger partial charge in [-0.15, -0.1) is 0 Å². The van der Waals surface area contributed by atoms with Crippen molar-refractivity contribution in [2.75, 3.05) is 26.2 Å². The topological polar surface area (TPSA) is 343 Å². The molecule has 0 unspecified atom stereocenters. The van der Waals surface area contributed by atoms with Crippen molar-refractivity contribution in [3.05, 3.63) is 71.8 Å². The summed E-state index contributed by atoms with van der Waals surface area (Å²) < 4.78 is 0. The molecule has 0 aromatic heterocycles. The van der Waals surface area contributed by atoms with Gasteiger partial charge in [-0.3, -0.25) is 48.1 Å². The Hall–Kier alpha value is -7.10. The number of hydrogen-bond donors (Lipinski definition) is 10. The summed E-state index contributed by atoms with van der Waals surface area (Å²) in [6.45, 7) is 0.768. The van der Waals surface area contributed by atoms with E-state index in [1.807, 2.05) is 0 Å². The minimum absolute atomic E-state index is 0.00512. The number of primary amides is 1. The van der Waals surface area contributed by atoms with Crippen LogP contribution in [0.3, 0.4) is 0 Å². The average molecular weight is 917 g/mol. The van der Waals surface area contributed by atoms with Crippen LogP contribution in [0.5, 0.6) is 0 Å². The third-order valence-electron chi connectivity index (χ3n) is 11.7. The molecular weight excluding hydrogens is 857 g/mol. The van der Waals surface area contributed by atoms with Gasteiger partial charge in [0.15, 0.2) is 5.96 Å². The highest BCUT2D eigenvalue weighted by atomic mass is 16.3. The molecule has 22 heteroatoms. The molecule has 0 aliphatic carbocycles. The van der Waals surface area contributed by atoms with Gasteiger partial charge in [0.2, 0.25) is 53.2 Å². The first-order valence-corrected chi connectivity index (χ1v) is 22.0. The van der Waals surface area contributed by atoms with Gasteiger partial charge in [0.25, 0.3) is 0 Å². The number of aliphatic hydroxyl groups is 1. The van der Waals surface area contributed by atoms with Crippen LogP contribution in [-0.4, -0.2) is 149 Å². The first kappa shape index (κ1) is 49.9. The smallest absolute Gasteiger partial charge is 0.248 e. The molecule has 8 atom stereocenters. The number of carbonyl (C=O) groups excluding carboxylic acids is 9. The van der Waals surface area contributed by atoms with Gasteiger partial charge in [-0.2, -0.15) is 0 Å². The maximum atomic E-state index is 14.5. The highest BCUT2D eigenvalue weighted by Crippen LogP contribution is 2.26. The largest absolute Gasteiger partial charge is 0.394 e. The lowest BCUT2D eigenvalue weighted by Crippen LogP contribution is -2.61. The van der Waals surface area contributed by atoms with Crippen molar-refractivity contribution in [2.24, 2.45) is 22.2 Å². The molecule has 9 amide bonds. The van der Waals surface area contributed by atoms with E-state index in [2.05, 4.69) is 36.9 Å². The van der Waals surface area contributed by atoms with E-state index in [4.69, 9.17) is 17.2 Å². The second-order valence-electron chi connectivity index (χ2n) is 16.6. The second-order valence-corrected chi connectivity index (χ2v) is 16.6. The van der Waals surface area contributed by atoms with E-state index in [-0.39, 0.29) is 64.1 Å². The Morgan fingerprint density at radius 3 is 1.61 bits per heavy atom. The van der Waals surface area contributed by atoms with Crippen molar-refractivity contribution in [1.82, 2.24) is 41.7 Å². The predicted molar refractivity (Wildman–Crippen MR) is 238 cm³/mol. The number of benzene rings is 2. The molecule has 0 bridgehead atoms. The number of guanidine groups is 1. The molecule has 0 saturated carbocycles. The molecular formula is C44H60N12O10. The Morgan fingerprint density at radius 1 is 0.606 bits per heavy atom. The van der Waals surface area contributed by atoms with Crippen LogP contribution in [0.25, 0.3) is 0 Å². The zero-order valence-corrected chi connectivity index (χ0v) is 36.8. The van der Waals surface area contributed by atoms with Crippen molar-refractivity contribution in [3.63, 3.8) is 0 Å². The third-order valence-corrected chi connectivity index (χ3v) is 11.7. The van der Waals surface area contributed by atoms with Crippen molar-refractivity contribution >= 4 is 59.1 Å². The monoisotopic (exact) mass is 916 g/mol. The van der Waals surface area contributed by atoms with Crippen LogP contribution in [0.15, 0.2) is 65.7 Å². The number of nitrogens with one attached hydrogen (secondary N) is 6. The fourth-order valence-corrected chi connectivity index (χ4v) is 8.23. The number of carbonyl (C=O) groups is 9. The van der Waals surface area contributed by atoms with Gasteiger partial charge in [0.05, 0.1) is 13.0 Å². The maximum absolute atomic E-state index is 14.5. The Kier molecular flexibility index (Phi) is 17.9. The molecule has 13 N–H and O–H groups in total. The van der Waals surface area contributed by atoms with Crippen molar-refractivity contribution in [1.29, 1.82) is 0 Å². The van der Waals surface area contributed by atoms with Gasteiger partial charge in [0, 0.05) is 32.5 Å². The number of rotatable bonds is 11. The van der Waals surface area contributed by atoms with Crippen LogP contribution in [0.1, 0.15) is 63.0 Å².